The van der Waals surface area contributed by atoms with Crippen molar-refractivity contribution in [1.82, 2.24) is 19.6 Å². The Labute approximate surface area is 148 Å². The van der Waals surface area contributed by atoms with E-state index in [2.05, 4.69) is 20.0 Å². The first-order chi connectivity index (χ1) is 12.5. The molecule has 0 aliphatic carbocycles. The molecule has 136 valence electrons. The van der Waals surface area contributed by atoms with Crippen LogP contribution in [0.2, 0.25) is 0 Å². The third-order valence-corrected chi connectivity index (χ3v) is 4.66. The van der Waals surface area contributed by atoms with Gasteiger partial charge in [0.2, 0.25) is 0 Å². The number of nitrogens with two attached hydrogens (primary N) is 2. The average molecular weight is 359 g/mol. The number of halogens is 2. The van der Waals surface area contributed by atoms with E-state index in [9.17, 15) is 8.78 Å². The maximum atomic E-state index is 13.0. The smallest absolute Gasteiger partial charge is 0.280 e. The van der Waals surface area contributed by atoms with Gasteiger partial charge in [0.1, 0.15) is 17.5 Å². The molecule has 1 aliphatic rings. The Morgan fingerprint density at radius 1 is 1.23 bits per heavy atom. The molecule has 4 heterocycles. The van der Waals surface area contributed by atoms with Crippen LogP contribution in [-0.2, 0) is 0 Å². The lowest BCUT2D eigenvalue weighted by Gasteiger charge is -2.32. The molecule has 0 saturated carbocycles. The van der Waals surface area contributed by atoms with Gasteiger partial charge in [0.05, 0.1) is 11.4 Å². The maximum Gasteiger partial charge on any atom is 0.280 e. The second-order valence-electron chi connectivity index (χ2n) is 6.44. The lowest BCUT2D eigenvalue weighted by atomic mass is 10.1. The van der Waals surface area contributed by atoms with Crippen LogP contribution >= 0.6 is 0 Å². The molecule has 3 aromatic heterocycles. The Morgan fingerprint density at radius 3 is 2.85 bits per heavy atom. The van der Waals surface area contributed by atoms with E-state index in [1.54, 1.807) is 10.6 Å². The van der Waals surface area contributed by atoms with Gasteiger partial charge in [0.15, 0.2) is 5.82 Å². The highest BCUT2D eigenvalue weighted by atomic mass is 19.3. The second kappa shape index (κ2) is 6.49. The highest BCUT2D eigenvalue weighted by Gasteiger charge is 2.24. The van der Waals surface area contributed by atoms with Gasteiger partial charge < -0.3 is 16.4 Å². The Hall–Kier alpha value is -2.81. The van der Waals surface area contributed by atoms with Gasteiger partial charge in [-0.25, -0.2) is 18.3 Å². The summed E-state index contributed by atoms with van der Waals surface area (Å²) in [6, 6.07) is 5.04. The summed E-state index contributed by atoms with van der Waals surface area (Å²) in [5.74, 6) is 0.337. The molecule has 0 amide bonds. The van der Waals surface area contributed by atoms with E-state index in [1.807, 2.05) is 6.07 Å². The number of alkyl halides is 2. The molecular weight excluding hydrogens is 340 g/mol. The zero-order valence-electron chi connectivity index (χ0n) is 14.0. The van der Waals surface area contributed by atoms with Crippen molar-refractivity contribution in [2.75, 3.05) is 23.7 Å². The molecule has 0 radical (unpaired) electrons. The first-order valence-electron chi connectivity index (χ1n) is 8.42. The van der Waals surface area contributed by atoms with E-state index in [-0.39, 0.29) is 11.7 Å². The zero-order valence-corrected chi connectivity index (χ0v) is 14.0. The predicted octanol–water partition coefficient (Wildman–Crippen LogP) is 2.24. The van der Waals surface area contributed by atoms with E-state index in [4.69, 9.17) is 11.5 Å². The number of pyridine rings is 1. The molecular formula is C17H19F2N7. The Kier molecular flexibility index (Phi) is 4.15. The Balaban J connectivity index is 1.89. The monoisotopic (exact) mass is 359 g/mol. The van der Waals surface area contributed by atoms with Gasteiger partial charge in [0, 0.05) is 30.9 Å². The molecule has 1 aliphatic heterocycles. The van der Waals surface area contributed by atoms with Gasteiger partial charge in [0.25, 0.3) is 6.43 Å². The summed E-state index contributed by atoms with van der Waals surface area (Å²) in [6.07, 6.45) is 2.04. The lowest BCUT2D eigenvalue weighted by molar-refractivity contribution is 0.146. The van der Waals surface area contributed by atoms with Gasteiger partial charge in [-0.3, -0.25) is 4.98 Å². The number of aromatic nitrogens is 4. The van der Waals surface area contributed by atoms with Gasteiger partial charge in [-0.15, -0.1) is 0 Å². The van der Waals surface area contributed by atoms with E-state index >= 15 is 0 Å². The Morgan fingerprint density at radius 2 is 2.08 bits per heavy atom. The van der Waals surface area contributed by atoms with Crippen LogP contribution < -0.4 is 16.4 Å². The minimum Gasteiger partial charge on any atom is -0.382 e. The molecule has 4 rings (SSSR count). The van der Waals surface area contributed by atoms with Crippen LogP contribution in [0.5, 0.6) is 0 Å². The molecule has 9 heteroatoms. The number of nitrogen functional groups attached to an aromatic ring is 1. The zero-order chi connectivity index (χ0) is 18.3. The van der Waals surface area contributed by atoms with Crippen LogP contribution in [0.3, 0.4) is 0 Å². The highest BCUT2D eigenvalue weighted by molar-refractivity contribution is 5.88. The predicted molar refractivity (Wildman–Crippen MR) is 95.0 cm³/mol. The Bertz CT molecular complexity index is 940. The van der Waals surface area contributed by atoms with Crippen LogP contribution in [-0.4, -0.2) is 38.7 Å². The van der Waals surface area contributed by atoms with Gasteiger partial charge >= 0.3 is 0 Å². The summed E-state index contributed by atoms with van der Waals surface area (Å²) in [7, 11) is 0. The van der Waals surface area contributed by atoms with E-state index in [1.165, 1.54) is 18.6 Å². The fraction of sp³-hybridized carbons (Fsp3) is 0.353. The molecule has 26 heavy (non-hydrogen) atoms. The average Bonchev–Trinajstić information content (AvgIpc) is 3.03. The van der Waals surface area contributed by atoms with Crippen LogP contribution in [0.25, 0.3) is 16.8 Å². The third-order valence-electron chi connectivity index (χ3n) is 4.66. The van der Waals surface area contributed by atoms with E-state index in [0.717, 1.165) is 25.1 Å². The number of hydrogen-bond acceptors (Lipinski definition) is 6. The van der Waals surface area contributed by atoms with Gasteiger partial charge in [-0.05, 0) is 31.0 Å². The first-order valence-corrected chi connectivity index (χ1v) is 8.42. The van der Waals surface area contributed by atoms with E-state index in [0.29, 0.717) is 29.1 Å². The van der Waals surface area contributed by atoms with Crippen molar-refractivity contribution < 1.29 is 8.78 Å². The quantitative estimate of drug-likeness (QED) is 0.744. The lowest BCUT2D eigenvalue weighted by Crippen LogP contribution is -2.42. The number of piperidine rings is 1. The number of anilines is 2. The molecule has 1 saturated heterocycles. The van der Waals surface area contributed by atoms with Crippen molar-refractivity contribution in [2.24, 2.45) is 5.73 Å². The normalized spacial score (nSPS) is 18.0. The van der Waals surface area contributed by atoms with Crippen LogP contribution in [0.4, 0.5) is 20.3 Å². The number of hydrogen-bond donors (Lipinski definition) is 2. The fourth-order valence-corrected chi connectivity index (χ4v) is 3.45. The van der Waals surface area contributed by atoms with Crippen LogP contribution in [0.1, 0.15) is 25.0 Å². The summed E-state index contributed by atoms with van der Waals surface area (Å²) in [4.78, 5) is 9.97. The molecule has 0 aromatic carbocycles. The minimum atomic E-state index is -2.64. The molecule has 0 unspecified atom stereocenters. The van der Waals surface area contributed by atoms with Crippen molar-refractivity contribution in [3.63, 3.8) is 0 Å². The van der Waals surface area contributed by atoms with Crippen molar-refractivity contribution in [1.29, 1.82) is 0 Å². The number of rotatable bonds is 3. The second-order valence-corrected chi connectivity index (χ2v) is 6.44. The maximum absolute atomic E-state index is 13.0. The van der Waals surface area contributed by atoms with Gasteiger partial charge in [-0.1, -0.05) is 0 Å². The highest BCUT2D eigenvalue weighted by Crippen LogP contribution is 2.35. The fourth-order valence-electron chi connectivity index (χ4n) is 3.45. The standard InChI is InChI=1S/C17H19F2N7/c18-16(19)12-6-10(3-4-22-12)13-7-14(25-5-1-2-11(20)8-25)15-17(21)23-9-24-26(13)15/h3-4,6-7,9,11,16H,1-2,5,8,20H2,(H2,21,23,24)/t11-/m1/s1. The topological polar surface area (TPSA) is 98.4 Å². The molecule has 1 fully saturated rings. The molecule has 4 N–H and O–H groups in total. The van der Waals surface area contributed by atoms with Crippen LogP contribution in [0, 0.1) is 0 Å². The van der Waals surface area contributed by atoms with Crippen molar-refractivity contribution in [3.8, 4) is 11.3 Å². The van der Waals surface area contributed by atoms with E-state index < -0.39 is 6.43 Å². The summed E-state index contributed by atoms with van der Waals surface area (Å²) < 4.78 is 27.7. The third kappa shape index (κ3) is 2.84. The van der Waals surface area contributed by atoms with Crippen molar-refractivity contribution >= 4 is 17.0 Å². The summed E-state index contributed by atoms with van der Waals surface area (Å²) in [5, 5.41) is 4.29. The first kappa shape index (κ1) is 16.6. The van der Waals surface area contributed by atoms with Gasteiger partial charge in [-0.2, -0.15) is 5.10 Å². The molecule has 1 atom stereocenters. The molecule has 3 aromatic rings. The number of nitrogens with zero attached hydrogens (tertiary/aromatic N) is 5. The van der Waals surface area contributed by atoms with Crippen molar-refractivity contribution in [2.45, 2.75) is 25.3 Å². The minimum absolute atomic E-state index is 0.0827. The van der Waals surface area contributed by atoms with Crippen LogP contribution in [0.15, 0.2) is 30.7 Å². The molecule has 0 bridgehead atoms. The summed E-state index contributed by atoms with van der Waals surface area (Å²) >= 11 is 0. The SMILES string of the molecule is Nc1ncnn2c(-c3ccnc(C(F)F)c3)cc(N3CCC[C@@H](N)C3)c12. The summed E-state index contributed by atoms with van der Waals surface area (Å²) in [6.45, 7) is 1.55. The number of fused-ring (bicyclic) bond motifs is 1. The molecule has 0 spiro atoms. The summed E-state index contributed by atoms with van der Waals surface area (Å²) in [5.41, 5.74) is 14.7. The molecule has 7 nitrogen and oxygen atoms in total. The largest absolute Gasteiger partial charge is 0.382 e. The van der Waals surface area contributed by atoms with Crippen molar-refractivity contribution in [3.05, 3.63) is 36.4 Å².